The van der Waals surface area contributed by atoms with Gasteiger partial charge in [0.1, 0.15) is 12.1 Å². The van der Waals surface area contributed by atoms with E-state index < -0.39 is 5.91 Å². The summed E-state index contributed by atoms with van der Waals surface area (Å²) < 4.78 is 1.99. The van der Waals surface area contributed by atoms with E-state index in [9.17, 15) is 9.59 Å². The molecule has 0 spiro atoms. The highest BCUT2D eigenvalue weighted by atomic mass is 79.9. The molecule has 7 nitrogen and oxygen atoms in total. The number of rotatable bonds is 4. The molecule has 0 aliphatic rings. The number of hydrogen-bond acceptors (Lipinski definition) is 6. The van der Waals surface area contributed by atoms with Gasteiger partial charge in [0.25, 0.3) is 5.56 Å². The van der Waals surface area contributed by atoms with Gasteiger partial charge < -0.3 is 5.32 Å². The van der Waals surface area contributed by atoms with E-state index in [1.807, 2.05) is 29.6 Å². The number of aromatic nitrogens is 4. The minimum absolute atomic E-state index is 0.234. The Balaban J connectivity index is 1.50. The molecule has 4 aromatic rings. The summed E-state index contributed by atoms with van der Waals surface area (Å²) in [6.07, 6.45) is 0. The van der Waals surface area contributed by atoms with Crippen molar-refractivity contribution in [1.82, 2.24) is 20.0 Å². The van der Waals surface area contributed by atoms with E-state index in [0.29, 0.717) is 16.0 Å². The van der Waals surface area contributed by atoms with E-state index in [1.165, 1.54) is 11.3 Å². The van der Waals surface area contributed by atoms with Gasteiger partial charge in [-0.1, -0.05) is 45.4 Å². The van der Waals surface area contributed by atoms with Crippen molar-refractivity contribution in [2.75, 3.05) is 5.32 Å². The zero-order valence-corrected chi connectivity index (χ0v) is 16.2. The summed E-state index contributed by atoms with van der Waals surface area (Å²) in [6, 6.07) is 14.6. The predicted molar refractivity (Wildman–Crippen MR) is 108 cm³/mol. The minimum atomic E-state index is -0.392. The maximum Gasteiger partial charge on any atom is 0.278 e. The first-order valence-electron chi connectivity index (χ1n) is 7.94. The maximum atomic E-state index is 12.4. The molecular weight excluding hydrogens is 430 g/mol. The van der Waals surface area contributed by atoms with Crippen molar-refractivity contribution in [3.05, 3.63) is 68.7 Å². The second kappa shape index (κ2) is 7.37. The molecule has 1 N–H and O–H groups in total. The molecule has 1 amide bonds. The number of anilines is 1. The van der Waals surface area contributed by atoms with E-state index in [-0.39, 0.29) is 12.1 Å². The van der Waals surface area contributed by atoms with Crippen molar-refractivity contribution in [3.63, 3.8) is 0 Å². The van der Waals surface area contributed by atoms with Crippen molar-refractivity contribution in [2.45, 2.75) is 6.54 Å². The molecule has 0 saturated carbocycles. The number of amides is 1. The van der Waals surface area contributed by atoms with Gasteiger partial charge in [-0.25, -0.2) is 9.67 Å². The molecule has 2 heterocycles. The number of carbonyl (C=O) groups is 1. The third-order valence-electron chi connectivity index (χ3n) is 3.79. The van der Waals surface area contributed by atoms with Crippen molar-refractivity contribution in [1.29, 1.82) is 0 Å². The number of benzene rings is 2. The SMILES string of the molecule is O=C(Cn1nnc2ccccc2c1=O)Nc1nc(-c2cccc(Br)c2)cs1. The lowest BCUT2D eigenvalue weighted by atomic mass is 10.2. The van der Waals surface area contributed by atoms with Crippen LogP contribution in [0.25, 0.3) is 22.2 Å². The van der Waals surface area contributed by atoms with Crippen LogP contribution in [0.3, 0.4) is 0 Å². The first kappa shape index (κ1) is 17.5. The maximum absolute atomic E-state index is 12.4. The molecule has 0 unspecified atom stereocenters. The Kier molecular flexibility index (Phi) is 4.78. The molecule has 9 heteroatoms. The van der Waals surface area contributed by atoms with Crippen LogP contribution in [0.1, 0.15) is 0 Å². The normalized spacial score (nSPS) is 10.9. The second-order valence-corrected chi connectivity index (χ2v) is 7.44. The van der Waals surface area contributed by atoms with Crippen molar-refractivity contribution >= 4 is 49.2 Å². The number of carbonyl (C=O) groups excluding carboxylic acids is 1. The second-order valence-electron chi connectivity index (χ2n) is 5.67. The lowest BCUT2D eigenvalue weighted by Gasteiger charge is -2.04. The monoisotopic (exact) mass is 441 g/mol. The van der Waals surface area contributed by atoms with Crippen molar-refractivity contribution in [2.24, 2.45) is 0 Å². The molecule has 0 atom stereocenters. The van der Waals surface area contributed by atoms with Crippen LogP contribution in [0.15, 0.2) is 63.2 Å². The molecule has 27 heavy (non-hydrogen) atoms. The average molecular weight is 442 g/mol. The fourth-order valence-corrected chi connectivity index (χ4v) is 3.67. The first-order chi connectivity index (χ1) is 13.1. The minimum Gasteiger partial charge on any atom is -0.300 e. The predicted octanol–water partition coefficient (Wildman–Crippen LogP) is 3.32. The van der Waals surface area contributed by atoms with Crippen LogP contribution in [0.4, 0.5) is 5.13 Å². The van der Waals surface area contributed by atoms with Crippen LogP contribution in [0.5, 0.6) is 0 Å². The number of halogens is 1. The highest BCUT2D eigenvalue weighted by Crippen LogP contribution is 2.26. The summed E-state index contributed by atoms with van der Waals surface area (Å²) >= 11 is 4.74. The van der Waals surface area contributed by atoms with Crippen LogP contribution in [0, 0.1) is 0 Å². The lowest BCUT2D eigenvalue weighted by molar-refractivity contribution is -0.117. The summed E-state index contributed by atoms with van der Waals surface area (Å²) in [5.74, 6) is -0.392. The number of nitrogens with one attached hydrogen (secondary N) is 1. The Morgan fingerprint density at radius 2 is 2.04 bits per heavy atom. The van der Waals surface area contributed by atoms with Gasteiger partial charge in [0.15, 0.2) is 5.13 Å². The number of hydrogen-bond donors (Lipinski definition) is 1. The molecule has 0 aliphatic heterocycles. The largest absolute Gasteiger partial charge is 0.300 e. The summed E-state index contributed by atoms with van der Waals surface area (Å²) in [4.78, 5) is 29.1. The van der Waals surface area contributed by atoms with Gasteiger partial charge in [-0.15, -0.1) is 16.4 Å². The van der Waals surface area contributed by atoms with E-state index in [0.717, 1.165) is 20.4 Å². The fourth-order valence-electron chi connectivity index (χ4n) is 2.53. The number of nitrogens with zero attached hydrogens (tertiary/aromatic N) is 4. The summed E-state index contributed by atoms with van der Waals surface area (Å²) in [5.41, 5.74) is 1.85. The van der Waals surface area contributed by atoms with E-state index >= 15 is 0 Å². The molecular formula is C18H12BrN5O2S. The molecule has 4 rings (SSSR count). The highest BCUT2D eigenvalue weighted by molar-refractivity contribution is 9.10. The lowest BCUT2D eigenvalue weighted by Crippen LogP contribution is -2.30. The summed E-state index contributed by atoms with van der Waals surface area (Å²) in [7, 11) is 0. The molecule has 2 aromatic heterocycles. The topological polar surface area (TPSA) is 89.8 Å². The Hall–Kier alpha value is -2.91. The van der Waals surface area contributed by atoms with Gasteiger partial charge in [-0.05, 0) is 24.3 Å². The van der Waals surface area contributed by atoms with Crippen molar-refractivity contribution in [3.8, 4) is 11.3 Å². The molecule has 0 saturated heterocycles. The average Bonchev–Trinajstić information content (AvgIpc) is 3.13. The van der Waals surface area contributed by atoms with Gasteiger partial charge in [0.05, 0.1) is 11.1 Å². The summed E-state index contributed by atoms with van der Waals surface area (Å²) in [5, 5.41) is 13.2. The zero-order valence-electron chi connectivity index (χ0n) is 13.8. The number of thiazole rings is 1. The van der Waals surface area contributed by atoms with Gasteiger partial charge in [0.2, 0.25) is 5.91 Å². The van der Waals surface area contributed by atoms with Crippen LogP contribution >= 0.6 is 27.3 Å². The smallest absolute Gasteiger partial charge is 0.278 e. The van der Waals surface area contributed by atoms with Crippen LogP contribution in [-0.4, -0.2) is 25.9 Å². The molecule has 0 radical (unpaired) electrons. The zero-order chi connectivity index (χ0) is 18.8. The van der Waals surface area contributed by atoms with E-state index in [2.05, 4.69) is 36.5 Å². The Bertz CT molecular complexity index is 1200. The van der Waals surface area contributed by atoms with E-state index in [1.54, 1.807) is 24.3 Å². The molecule has 0 aliphatic carbocycles. The quantitative estimate of drug-likeness (QED) is 0.524. The van der Waals surface area contributed by atoms with Gasteiger partial charge >= 0.3 is 0 Å². The van der Waals surface area contributed by atoms with Gasteiger partial charge in [-0.2, -0.15) is 0 Å². The van der Waals surface area contributed by atoms with Crippen molar-refractivity contribution < 1.29 is 4.79 Å². The van der Waals surface area contributed by atoms with Crippen LogP contribution in [-0.2, 0) is 11.3 Å². The standard InChI is InChI=1S/C18H12BrN5O2S/c19-12-5-3-4-11(8-12)15-10-27-18(20-15)21-16(25)9-24-17(26)13-6-1-2-7-14(13)22-23-24/h1-8,10H,9H2,(H,20,21,25). The van der Waals surface area contributed by atoms with E-state index in [4.69, 9.17) is 0 Å². The third-order valence-corrected chi connectivity index (χ3v) is 5.04. The van der Waals surface area contributed by atoms with Gasteiger partial charge in [0, 0.05) is 15.4 Å². The molecule has 134 valence electrons. The molecule has 0 fully saturated rings. The molecule has 2 aromatic carbocycles. The molecule has 0 bridgehead atoms. The third kappa shape index (κ3) is 3.79. The Labute approximate surface area is 165 Å². The first-order valence-corrected chi connectivity index (χ1v) is 9.61. The van der Waals surface area contributed by atoms with Crippen LogP contribution < -0.4 is 10.9 Å². The van der Waals surface area contributed by atoms with Gasteiger partial charge in [-0.3, -0.25) is 9.59 Å². The Morgan fingerprint density at radius 1 is 1.19 bits per heavy atom. The highest BCUT2D eigenvalue weighted by Gasteiger charge is 2.12. The Morgan fingerprint density at radius 3 is 2.89 bits per heavy atom. The summed E-state index contributed by atoms with van der Waals surface area (Å²) in [6.45, 7) is -0.234. The fraction of sp³-hybridized carbons (Fsp3) is 0.0556. The van der Waals surface area contributed by atoms with Crippen LogP contribution in [0.2, 0.25) is 0 Å². The number of fused-ring (bicyclic) bond motifs is 1.